The number of nitrogens with zero attached hydrogens (tertiary/aromatic N) is 1. The number of hydrogen-bond donors (Lipinski definition) is 2. The number of rotatable bonds is 7. The first-order valence-corrected chi connectivity index (χ1v) is 10.3. The van der Waals surface area contributed by atoms with Crippen molar-refractivity contribution in [2.75, 3.05) is 25.9 Å². The molecular formula is C19H31FN2OS. The molecule has 3 atom stereocenters. The Bertz CT molecular complexity index is 576. The molecule has 1 aromatic carbocycles. The predicted octanol–water partition coefficient (Wildman–Crippen LogP) is 3.58. The molecule has 24 heavy (non-hydrogen) atoms. The molecule has 1 aromatic rings. The number of halogens is 1. The van der Waals surface area contributed by atoms with E-state index in [9.17, 15) is 9.50 Å². The first-order valence-electron chi connectivity index (χ1n) is 8.68. The molecule has 2 rings (SSSR count). The van der Waals surface area contributed by atoms with Crippen molar-refractivity contribution in [3.8, 4) is 0 Å². The summed E-state index contributed by atoms with van der Waals surface area (Å²) < 4.78 is 15.8. The van der Waals surface area contributed by atoms with Crippen LogP contribution in [-0.4, -0.2) is 46.2 Å². The van der Waals surface area contributed by atoms with Gasteiger partial charge in [0.2, 0.25) is 0 Å². The highest BCUT2D eigenvalue weighted by Gasteiger charge is 2.29. The number of benzene rings is 1. The Morgan fingerprint density at radius 2 is 2.25 bits per heavy atom. The van der Waals surface area contributed by atoms with Crippen LogP contribution >= 0.6 is 10.7 Å². The summed E-state index contributed by atoms with van der Waals surface area (Å²) in [6, 6.07) is 6.20. The summed E-state index contributed by atoms with van der Waals surface area (Å²) in [6.45, 7) is 9.28. The van der Waals surface area contributed by atoms with E-state index in [4.69, 9.17) is 0 Å². The average Bonchev–Trinajstić information content (AvgIpc) is 2.99. The minimum Gasteiger partial charge on any atom is -0.387 e. The topological polar surface area (TPSA) is 35.5 Å². The summed E-state index contributed by atoms with van der Waals surface area (Å²) in [5.41, 5.74) is 0.580. The van der Waals surface area contributed by atoms with E-state index < -0.39 is 6.10 Å². The molecule has 0 aliphatic carbocycles. The van der Waals surface area contributed by atoms with Crippen molar-refractivity contribution in [1.29, 1.82) is 0 Å². The number of aliphatic hydroxyl groups is 1. The zero-order valence-corrected chi connectivity index (χ0v) is 16.1. The summed E-state index contributed by atoms with van der Waals surface area (Å²) in [5.74, 6) is 0.383. The quantitative estimate of drug-likeness (QED) is 0.735. The van der Waals surface area contributed by atoms with Gasteiger partial charge in [0.05, 0.1) is 6.10 Å². The maximum absolute atomic E-state index is 13.3. The molecule has 1 unspecified atom stereocenters. The smallest absolute Gasteiger partial charge is 0.123 e. The van der Waals surface area contributed by atoms with E-state index in [0.717, 1.165) is 13.0 Å². The molecule has 0 amide bonds. The second-order valence-electron chi connectivity index (χ2n) is 7.34. The van der Waals surface area contributed by atoms with Gasteiger partial charge < -0.3 is 10.4 Å². The van der Waals surface area contributed by atoms with Crippen LogP contribution in [0.5, 0.6) is 0 Å². The van der Waals surface area contributed by atoms with Crippen molar-refractivity contribution < 1.29 is 9.50 Å². The fourth-order valence-corrected chi connectivity index (χ4v) is 4.51. The summed E-state index contributed by atoms with van der Waals surface area (Å²) in [7, 11) is 0.273. The molecule has 1 saturated heterocycles. The van der Waals surface area contributed by atoms with E-state index in [1.165, 1.54) is 25.1 Å². The van der Waals surface area contributed by atoms with Crippen LogP contribution < -0.4 is 5.32 Å². The van der Waals surface area contributed by atoms with Crippen LogP contribution in [-0.2, 0) is 0 Å². The Labute approximate surface area is 148 Å². The molecule has 1 fully saturated rings. The summed E-state index contributed by atoms with van der Waals surface area (Å²) in [5, 5.41) is 16.0. The Balaban J connectivity index is 1.83. The molecule has 0 spiro atoms. The lowest BCUT2D eigenvalue weighted by atomic mass is 9.89. The van der Waals surface area contributed by atoms with Gasteiger partial charge in [-0.25, -0.2) is 4.39 Å². The normalized spacial score (nSPS) is 22.0. The fourth-order valence-electron chi connectivity index (χ4n) is 3.37. The van der Waals surface area contributed by atoms with E-state index in [2.05, 4.69) is 42.0 Å². The second-order valence-corrected chi connectivity index (χ2v) is 9.38. The zero-order chi connectivity index (χ0) is 17.7. The third kappa shape index (κ3) is 5.66. The van der Waals surface area contributed by atoms with E-state index in [0.29, 0.717) is 18.0 Å². The molecule has 136 valence electrons. The lowest BCUT2D eigenvalue weighted by Crippen LogP contribution is -2.43. The van der Waals surface area contributed by atoms with Crippen LogP contribution in [0.2, 0.25) is 0 Å². The van der Waals surface area contributed by atoms with Crippen molar-refractivity contribution in [3.63, 3.8) is 0 Å². The van der Waals surface area contributed by atoms with Crippen molar-refractivity contribution >= 4 is 16.0 Å². The van der Waals surface area contributed by atoms with Crippen LogP contribution in [0.3, 0.4) is 0 Å². The summed E-state index contributed by atoms with van der Waals surface area (Å²) >= 11 is 0. The van der Waals surface area contributed by atoms with Gasteiger partial charge in [0.1, 0.15) is 5.82 Å². The molecule has 2 N–H and O–H groups in total. The highest BCUT2D eigenvalue weighted by Crippen LogP contribution is 2.31. The maximum atomic E-state index is 13.3. The molecule has 3 nitrogen and oxygen atoms in total. The number of nitrogens with one attached hydrogen (secondary N) is 1. The van der Waals surface area contributed by atoms with Gasteiger partial charge in [-0.05, 0) is 63.5 Å². The molecule has 0 saturated carbocycles. The van der Waals surface area contributed by atoms with Crippen molar-refractivity contribution in [2.24, 2.45) is 5.92 Å². The van der Waals surface area contributed by atoms with Crippen molar-refractivity contribution in [3.05, 3.63) is 35.6 Å². The summed E-state index contributed by atoms with van der Waals surface area (Å²) in [6.07, 6.45) is 3.92. The first kappa shape index (κ1) is 19.6. The lowest BCUT2D eigenvalue weighted by Gasteiger charge is -2.31. The predicted molar refractivity (Wildman–Crippen MR) is 103 cm³/mol. The van der Waals surface area contributed by atoms with Gasteiger partial charge in [-0.3, -0.25) is 4.31 Å². The molecule has 5 heteroatoms. The molecule has 1 aliphatic heterocycles. The van der Waals surface area contributed by atoms with Gasteiger partial charge in [-0.1, -0.05) is 17.5 Å². The molecule has 0 radical (unpaired) electrons. The van der Waals surface area contributed by atoms with Crippen LogP contribution in [0.1, 0.15) is 45.3 Å². The van der Waals surface area contributed by atoms with E-state index >= 15 is 0 Å². The Hall–Kier alpha value is -0.750. The average molecular weight is 355 g/mol. The standard InChI is InChI=1S/C19H31FN2OS/c1-5-24(4)22-10-9-15(14-22)12-19(2,3)21-13-18(23)16-7-6-8-17(20)11-16/h5-8,11,15,18,21,23H,9-10,12-14H2,1-4H3/t15-,18-,24?/m0/s1. The molecule has 1 heterocycles. The maximum Gasteiger partial charge on any atom is 0.123 e. The lowest BCUT2D eigenvalue weighted by molar-refractivity contribution is 0.155. The Kier molecular flexibility index (Phi) is 6.99. The molecule has 0 bridgehead atoms. The van der Waals surface area contributed by atoms with Gasteiger partial charge in [-0.2, -0.15) is 0 Å². The highest BCUT2D eigenvalue weighted by molar-refractivity contribution is 8.12. The minimum atomic E-state index is -0.684. The van der Waals surface area contributed by atoms with Crippen molar-refractivity contribution in [2.45, 2.75) is 45.3 Å². The van der Waals surface area contributed by atoms with Crippen LogP contribution in [0.15, 0.2) is 24.3 Å². The van der Waals surface area contributed by atoms with Gasteiger partial charge in [0.15, 0.2) is 0 Å². The van der Waals surface area contributed by atoms with E-state index in [1.54, 1.807) is 12.1 Å². The number of β-amino-alcohol motifs (C(OH)–C–C–N with tert-alkyl or cyclic N) is 1. The fraction of sp³-hybridized carbons (Fsp3) is 0.632. The van der Waals surface area contributed by atoms with E-state index in [-0.39, 0.29) is 22.0 Å². The SMILES string of the molecule is C/C=S(/C)N1CC[C@@H](CC(C)(C)NC[C@H](O)c2cccc(F)c2)C1. The van der Waals surface area contributed by atoms with Gasteiger partial charge in [-0.15, -0.1) is 10.7 Å². The van der Waals surface area contributed by atoms with Crippen LogP contribution in [0.4, 0.5) is 4.39 Å². The molecule has 1 aliphatic rings. The largest absolute Gasteiger partial charge is 0.387 e. The third-order valence-electron chi connectivity index (χ3n) is 4.80. The monoisotopic (exact) mass is 354 g/mol. The number of aliphatic hydroxyl groups excluding tert-OH is 1. The van der Waals surface area contributed by atoms with Gasteiger partial charge in [0.25, 0.3) is 0 Å². The minimum absolute atomic E-state index is 0.0444. The highest BCUT2D eigenvalue weighted by atomic mass is 32.2. The zero-order valence-electron chi connectivity index (χ0n) is 15.3. The van der Waals surface area contributed by atoms with Crippen molar-refractivity contribution in [1.82, 2.24) is 9.62 Å². The molecule has 0 aromatic heterocycles. The Morgan fingerprint density at radius 3 is 2.92 bits per heavy atom. The summed E-state index contributed by atoms with van der Waals surface area (Å²) in [4.78, 5) is 0. The van der Waals surface area contributed by atoms with Gasteiger partial charge in [0, 0.05) is 25.2 Å². The van der Waals surface area contributed by atoms with Crippen LogP contribution in [0.25, 0.3) is 0 Å². The first-order chi connectivity index (χ1) is 11.3. The second kappa shape index (κ2) is 8.56. The van der Waals surface area contributed by atoms with E-state index in [1.807, 2.05) is 0 Å². The van der Waals surface area contributed by atoms with Gasteiger partial charge >= 0.3 is 0 Å². The molecular weight excluding hydrogens is 323 g/mol. The Morgan fingerprint density at radius 1 is 1.50 bits per heavy atom. The van der Waals surface area contributed by atoms with Crippen LogP contribution in [0, 0.1) is 11.7 Å². The third-order valence-corrected chi connectivity index (χ3v) is 6.63. The number of hydrogen-bond acceptors (Lipinski definition) is 3.